The fourth-order valence-electron chi connectivity index (χ4n) is 1.58. The molecule has 0 saturated heterocycles. The van der Waals surface area contributed by atoms with Crippen molar-refractivity contribution in [2.24, 2.45) is 0 Å². The number of rotatable bonds is 5. The van der Waals surface area contributed by atoms with E-state index >= 15 is 0 Å². The molecule has 1 heterocycles. The number of pyridine rings is 1. The zero-order chi connectivity index (χ0) is 15.3. The molecule has 5 nitrogen and oxygen atoms in total. The average Bonchev–Trinajstić information content (AvgIpc) is 2.29. The molecule has 0 aromatic carbocycles. The Labute approximate surface area is 114 Å². The summed E-state index contributed by atoms with van der Waals surface area (Å²) < 4.78 is 41.5. The smallest absolute Gasteiger partial charge is 0.391 e. The summed E-state index contributed by atoms with van der Waals surface area (Å²) in [5, 5.41) is 2.57. The number of hydrogen-bond acceptors (Lipinski definition) is 5. The highest BCUT2D eigenvalue weighted by molar-refractivity contribution is 5.95. The first kappa shape index (κ1) is 16.1. The largest absolute Gasteiger partial charge is 0.462 e. The molecule has 1 atom stereocenters. The van der Waals surface area contributed by atoms with Gasteiger partial charge in [-0.05, 0) is 19.9 Å². The second-order valence-corrected chi connectivity index (χ2v) is 4.24. The van der Waals surface area contributed by atoms with Gasteiger partial charge < -0.3 is 15.8 Å². The van der Waals surface area contributed by atoms with Crippen molar-refractivity contribution in [3.05, 3.63) is 17.8 Å². The lowest BCUT2D eigenvalue weighted by molar-refractivity contribution is -0.136. The number of alkyl halides is 3. The van der Waals surface area contributed by atoms with Gasteiger partial charge in [0.15, 0.2) is 0 Å². The highest BCUT2D eigenvalue weighted by Gasteiger charge is 2.30. The maximum atomic E-state index is 12.2. The van der Waals surface area contributed by atoms with Gasteiger partial charge in [-0.25, -0.2) is 9.78 Å². The van der Waals surface area contributed by atoms with E-state index < -0.39 is 24.6 Å². The van der Waals surface area contributed by atoms with Crippen molar-refractivity contribution < 1.29 is 22.7 Å². The quantitative estimate of drug-likeness (QED) is 0.815. The van der Waals surface area contributed by atoms with Crippen LogP contribution in [0.25, 0.3) is 0 Å². The summed E-state index contributed by atoms with van der Waals surface area (Å²) >= 11 is 0. The molecule has 20 heavy (non-hydrogen) atoms. The minimum absolute atomic E-state index is 0.0727. The molecule has 0 radical (unpaired) electrons. The minimum Gasteiger partial charge on any atom is -0.462 e. The third kappa shape index (κ3) is 4.94. The molecule has 1 rings (SSSR count). The summed E-state index contributed by atoms with van der Waals surface area (Å²) in [6.07, 6.45) is -4.08. The first-order valence-corrected chi connectivity index (χ1v) is 5.99. The SMILES string of the molecule is CCOC(=O)c1cc(NC(C)CC(F)(F)F)ncc1N. The summed E-state index contributed by atoms with van der Waals surface area (Å²) in [4.78, 5) is 15.4. The van der Waals surface area contributed by atoms with Crippen molar-refractivity contribution in [2.45, 2.75) is 32.5 Å². The van der Waals surface area contributed by atoms with Crippen LogP contribution in [0.2, 0.25) is 0 Å². The predicted octanol–water partition coefficient (Wildman–Crippen LogP) is 2.59. The van der Waals surface area contributed by atoms with E-state index in [0.717, 1.165) is 0 Å². The molecular weight excluding hydrogens is 275 g/mol. The van der Waals surface area contributed by atoms with Crippen LogP contribution in [0.15, 0.2) is 12.3 Å². The molecule has 1 aromatic heterocycles. The van der Waals surface area contributed by atoms with Crippen LogP contribution in [0.1, 0.15) is 30.6 Å². The van der Waals surface area contributed by atoms with Crippen LogP contribution in [-0.2, 0) is 4.74 Å². The number of halogens is 3. The van der Waals surface area contributed by atoms with Crippen molar-refractivity contribution in [3.63, 3.8) is 0 Å². The van der Waals surface area contributed by atoms with E-state index in [4.69, 9.17) is 10.5 Å². The zero-order valence-corrected chi connectivity index (χ0v) is 11.1. The maximum absolute atomic E-state index is 12.2. The number of ether oxygens (including phenoxy) is 1. The Balaban J connectivity index is 2.82. The Hall–Kier alpha value is -1.99. The molecule has 0 aliphatic carbocycles. The Kier molecular flexibility index (Phi) is 5.18. The van der Waals surface area contributed by atoms with E-state index in [-0.39, 0.29) is 23.7 Å². The summed E-state index contributed by atoms with van der Waals surface area (Å²) in [7, 11) is 0. The Morgan fingerprint density at radius 2 is 2.20 bits per heavy atom. The van der Waals surface area contributed by atoms with E-state index in [2.05, 4.69) is 10.3 Å². The molecular formula is C12H16F3N3O2. The van der Waals surface area contributed by atoms with Crippen LogP contribution in [0, 0.1) is 0 Å². The molecule has 0 spiro atoms. The monoisotopic (exact) mass is 291 g/mol. The summed E-state index contributed by atoms with van der Waals surface area (Å²) in [5.41, 5.74) is 5.76. The first-order valence-electron chi connectivity index (χ1n) is 5.99. The highest BCUT2D eigenvalue weighted by Crippen LogP contribution is 2.23. The van der Waals surface area contributed by atoms with E-state index in [0.29, 0.717) is 0 Å². The van der Waals surface area contributed by atoms with Crippen LogP contribution in [0.4, 0.5) is 24.7 Å². The van der Waals surface area contributed by atoms with Crippen molar-refractivity contribution in [1.29, 1.82) is 0 Å². The van der Waals surface area contributed by atoms with Crippen LogP contribution in [-0.4, -0.2) is 29.8 Å². The minimum atomic E-state index is -4.27. The third-order valence-electron chi connectivity index (χ3n) is 2.36. The molecule has 0 saturated carbocycles. The zero-order valence-electron chi connectivity index (χ0n) is 11.1. The fraction of sp³-hybridized carbons (Fsp3) is 0.500. The normalized spacial score (nSPS) is 12.8. The molecule has 0 amide bonds. The Morgan fingerprint density at radius 3 is 2.75 bits per heavy atom. The maximum Gasteiger partial charge on any atom is 0.391 e. The van der Waals surface area contributed by atoms with Crippen molar-refractivity contribution in [3.8, 4) is 0 Å². The molecule has 0 aliphatic heterocycles. The molecule has 8 heteroatoms. The van der Waals surface area contributed by atoms with Crippen LogP contribution < -0.4 is 11.1 Å². The molecule has 1 aromatic rings. The third-order valence-corrected chi connectivity index (χ3v) is 2.36. The average molecular weight is 291 g/mol. The van der Waals surface area contributed by atoms with Gasteiger partial charge in [-0.15, -0.1) is 0 Å². The van der Waals surface area contributed by atoms with Gasteiger partial charge in [-0.3, -0.25) is 0 Å². The van der Waals surface area contributed by atoms with Gasteiger partial charge in [-0.1, -0.05) is 0 Å². The number of nitrogens with one attached hydrogen (secondary N) is 1. The second-order valence-electron chi connectivity index (χ2n) is 4.24. The van der Waals surface area contributed by atoms with Gasteiger partial charge >= 0.3 is 12.1 Å². The lowest BCUT2D eigenvalue weighted by Crippen LogP contribution is -2.24. The topological polar surface area (TPSA) is 77.2 Å². The molecule has 0 bridgehead atoms. The van der Waals surface area contributed by atoms with Gasteiger partial charge in [0.1, 0.15) is 5.82 Å². The number of nitrogens with zero attached hydrogens (tertiary/aromatic N) is 1. The first-order chi connectivity index (χ1) is 9.23. The molecule has 112 valence electrons. The Bertz CT molecular complexity index is 478. The van der Waals surface area contributed by atoms with Crippen molar-refractivity contribution in [2.75, 3.05) is 17.7 Å². The predicted molar refractivity (Wildman–Crippen MR) is 68.4 cm³/mol. The fourth-order valence-corrected chi connectivity index (χ4v) is 1.58. The number of esters is 1. The van der Waals surface area contributed by atoms with E-state index in [1.165, 1.54) is 19.2 Å². The van der Waals surface area contributed by atoms with Gasteiger partial charge in [-0.2, -0.15) is 13.2 Å². The molecule has 1 unspecified atom stereocenters. The lowest BCUT2D eigenvalue weighted by atomic mass is 10.2. The number of carbonyl (C=O) groups excluding carboxylic acids is 1. The number of nitrogens with two attached hydrogens (primary N) is 1. The Morgan fingerprint density at radius 1 is 1.55 bits per heavy atom. The number of aromatic nitrogens is 1. The van der Waals surface area contributed by atoms with Crippen molar-refractivity contribution in [1.82, 2.24) is 4.98 Å². The van der Waals surface area contributed by atoms with Gasteiger partial charge in [0.05, 0.1) is 30.5 Å². The second kappa shape index (κ2) is 6.44. The lowest BCUT2D eigenvalue weighted by Gasteiger charge is -2.17. The van der Waals surface area contributed by atoms with Gasteiger partial charge in [0, 0.05) is 6.04 Å². The van der Waals surface area contributed by atoms with E-state index in [1.54, 1.807) is 6.92 Å². The number of carbonyl (C=O) groups is 1. The van der Waals surface area contributed by atoms with Crippen LogP contribution >= 0.6 is 0 Å². The molecule has 0 fully saturated rings. The van der Waals surface area contributed by atoms with Crippen molar-refractivity contribution >= 4 is 17.5 Å². The molecule has 3 N–H and O–H groups in total. The van der Waals surface area contributed by atoms with E-state index in [9.17, 15) is 18.0 Å². The summed E-state index contributed by atoms with van der Waals surface area (Å²) in [6.45, 7) is 3.18. The number of anilines is 2. The summed E-state index contributed by atoms with van der Waals surface area (Å²) in [5.74, 6) is -0.502. The number of hydrogen-bond donors (Lipinski definition) is 2. The standard InChI is InChI=1S/C12H16F3N3O2/c1-3-20-11(19)8-4-10(17-6-9(8)16)18-7(2)5-12(13,14)15/h4,6-7H,3,5,16H2,1-2H3,(H,17,18). The van der Waals surface area contributed by atoms with Gasteiger partial charge in [0.2, 0.25) is 0 Å². The van der Waals surface area contributed by atoms with E-state index in [1.807, 2.05) is 0 Å². The van der Waals surface area contributed by atoms with Gasteiger partial charge in [0.25, 0.3) is 0 Å². The number of nitrogen functional groups attached to an aromatic ring is 1. The van der Waals surface area contributed by atoms with Crippen LogP contribution in [0.5, 0.6) is 0 Å². The van der Waals surface area contributed by atoms with Crippen LogP contribution in [0.3, 0.4) is 0 Å². The highest BCUT2D eigenvalue weighted by atomic mass is 19.4. The molecule has 0 aliphatic rings. The summed E-state index contributed by atoms with van der Waals surface area (Å²) in [6, 6.07) is 0.404.